The molecule has 5 atom stereocenters. The van der Waals surface area contributed by atoms with Crippen LogP contribution in [0.25, 0.3) is 11.1 Å². The number of nitrogens with zero attached hydrogens (tertiary/aromatic N) is 2. The number of fused-ring (bicyclic) bond motifs is 5. The van der Waals surface area contributed by atoms with Crippen molar-refractivity contribution in [3.8, 4) is 16.9 Å². The maximum Gasteiger partial charge on any atom is 0.326 e. The SMILES string of the molecule is C=C(N[C@H](C)C(=O)NCC(=C)N(C)[C@@H]1C(=O)N[C@@H](C)C(=O)N[C@H](C(=O)O)Cc2ccc(O)c(c2)-c2cc1ccc2C)[C@@H](CO)N(C)C(=O)CCCCCCCCCCCCCCC. The van der Waals surface area contributed by atoms with Crippen molar-refractivity contribution < 1.29 is 39.3 Å². The van der Waals surface area contributed by atoms with Crippen LogP contribution in [0.15, 0.2) is 61.0 Å². The number of hydrogen-bond acceptors (Lipinski definition) is 9. The van der Waals surface area contributed by atoms with Crippen LogP contribution in [-0.2, 0) is 30.4 Å². The van der Waals surface area contributed by atoms with Gasteiger partial charge in [-0.25, -0.2) is 4.79 Å². The first kappa shape index (κ1) is 52.0. The number of aliphatic carboxylic acids is 1. The average molecular weight is 875 g/mol. The Hall–Kier alpha value is -5.37. The Morgan fingerprint density at radius 2 is 1.46 bits per heavy atom. The number of carboxylic acid groups (broad SMARTS) is 1. The lowest BCUT2D eigenvalue weighted by atomic mass is 9.91. The van der Waals surface area contributed by atoms with Crippen molar-refractivity contribution in [2.75, 3.05) is 27.2 Å². The molecule has 14 heteroatoms. The van der Waals surface area contributed by atoms with Crippen molar-refractivity contribution in [1.29, 1.82) is 0 Å². The monoisotopic (exact) mass is 875 g/mol. The molecule has 1 heterocycles. The van der Waals surface area contributed by atoms with Crippen LogP contribution in [0, 0.1) is 6.92 Å². The smallest absolute Gasteiger partial charge is 0.326 e. The predicted octanol–water partition coefficient (Wildman–Crippen LogP) is 6.39. The molecule has 348 valence electrons. The Bertz CT molecular complexity index is 1880. The number of benzene rings is 2. The quantitative estimate of drug-likeness (QED) is 0.0549. The van der Waals surface area contributed by atoms with Crippen LogP contribution >= 0.6 is 0 Å². The molecule has 14 nitrogen and oxygen atoms in total. The van der Waals surface area contributed by atoms with Gasteiger partial charge < -0.3 is 46.4 Å². The van der Waals surface area contributed by atoms with Gasteiger partial charge in [0.05, 0.1) is 19.2 Å². The summed E-state index contributed by atoms with van der Waals surface area (Å²) in [5.74, 6) is -3.11. The zero-order valence-corrected chi connectivity index (χ0v) is 38.6. The van der Waals surface area contributed by atoms with E-state index in [0.717, 1.165) is 24.8 Å². The number of carbonyl (C=O) groups excluding carboxylic acids is 4. The third-order valence-corrected chi connectivity index (χ3v) is 12.1. The molecule has 0 spiro atoms. The van der Waals surface area contributed by atoms with E-state index in [4.69, 9.17) is 0 Å². The number of carbonyl (C=O) groups is 5. The number of aryl methyl sites for hydroxylation is 1. The number of amides is 4. The second kappa shape index (κ2) is 26.3. The predicted molar refractivity (Wildman–Crippen MR) is 248 cm³/mol. The summed E-state index contributed by atoms with van der Waals surface area (Å²) in [6.07, 6.45) is 16.1. The molecule has 4 amide bonds. The third kappa shape index (κ3) is 16.0. The van der Waals surface area contributed by atoms with E-state index in [9.17, 15) is 39.3 Å². The summed E-state index contributed by atoms with van der Waals surface area (Å²) in [5, 5.41) is 42.2. The number of aromatic hydroxyl groups is 1. The van der Waals surface area contributed by atoms with E-state index < -0.39 is 53.9 Å². The normalized spacial score (nSPS) is 17.3. The second-order valence-corrected chi connectivity index (χ2v) is 17.1. The Kier molecular flexibility index (Phi) is 21.7. The number of phenolic OH excluding ortho intramolecular Hbond substituents is 1. The van der Waals surface area contributed by atoms with Crippen LogP contribution in [0.4, 0.5) is 0 Å². The lowest BCUT2D eigenvalue weighted by molar-refractivity contribution is -0.142. The summed E-state index contributed by atoms with van der Waals surface area (Å²) in [5.41, 5.74) is 3.58. The molecule has 3 rings (SSSR count). The number of rotatable bonds is 25. The van der Waals surface area contributed by atoms with E-state index in [1.54, 1.807) is 50.2 Å². The summed E-state index contributed by atoms with van der Waals surface area (Å²) < 4.78 is 0. The molecular weight excluding hydrogens is 801 g/mol. The molecule has 2 aromatic rings. The van der Waals surface area contributed by atoms with Crippen LogP contribution in [-0.4, -0.2) is 106 Å². The van der Waals surface area contributed by atoms with Gasteiger partial charge in [0.2, 0.25) is 23.6 Å². The number of likely N-dealkylation sites (N-methyl/N-ethyl adjacent to an activating group) is 2. The zero-order chi connectivity index (χ0) is 46.6. The average Bonchev–Trinajstić information content (AvgIpc) is 3.24. The number of unbranched alkanes of at least 4 members (excludes halogenated alkanes) is 12. The molecule has 2 aromatic carbocycles. The first-order chi connectivity index (χ1) is 30.0. The molecule has 1 aliphatic rings. The highest BCUT2D eigenvalue weighted by atomic mass is 16.4. The molecule has 1 aliphatic heterocycles. The lowest BCUT2D eigenvalue weighted by Crippen LogP contribution is -2.53. The van der Waals surface area contributed by atoms with Gasteiger partial charge >= 0.3 is 5.97 Å². The number of aliphatic hydroxyl groups excluding tert-OH is 1. The third-order valence-electron chi connectivity index (χ3n) is 12.1. The lowest BCUT2D eigenvalue weighted by Gasteiger charge is -2.33. The molecule has 0 fully saturated rings. The molecular formula is C49H74N6O8. The fourth-order valence-corrected chi connectivity index (χ4v) is 7.87. The fraction of sp³-hybridized carbons (Fsp3) is 0.571. The topological polar surface area (TPSA) is 201 Å². The van der Waals surface area contributed by atoms with E-state index in [1.165, 1.54) is 82.1 Å². The van der Waals surface area contributed by atoms with E-state index in [0.29, 0.717) is 40.1 Å². The molecule has 0 aromatic heterocycles. The summed E-state index contributed by atoms with van der Waals surface area (Å²) >= 11 is 0. The van der Waals surface area contributed by atoms with Gasteiger partial charge in [0.25, 0.3) is 0 Å². The summed E-state index contributed by atoms with van der Waals surface area (Å²) in [6, 6.07) is 5.06. The molecule has 7 N–H and O–H groups in total. The minimum absolute atomic E-state index is 0.0453. The Balaban J connectivity index is 1.60. The molecule has 0 radical (unpaired) electrons. The largest absolute Gasteiger partial charge is 0.507 e. The van der Waals surface area contributed by atoms with Crippen molar-refractivity contribution in [3.05, 3.63) is 77.6 Å². The zero-order valence-electron chi connectivity index (χ0n) is 38.6. The van der Waals surface area contributed by atoms with Crippen LogP contribution in [0.3, 0.4) is 0 Å². The maximum absolute atomic E-state index is 14.1. The molecule has 4 bridgehead atoms. The molecule has 0 aliphatic carbocycles. The van der Waals surface area contributed by atoms with Crippen LogP contribution in [0.1, 0.15) is 133 Å². The van der Waals surface area contributed by atoms with Crippen molar-refractivity contribution >= 4 is 29.6 Å². The van der Waals surface area contributed by atoms with E-state index in [2.05, 4.69) is 41.3 Å². The van der Waals surface area contributed by atoms with Crippen LogP contribution < -0.4 is 21.3 Å². The van der Waals surface area contributed by atoms with Gasteiger partial charge in [0.15, 0.2) is 0 Å². The van der Waals surface area contributed by atoms with E-state index in [1.807, 2.05) is 13.0 Å². The van der Waals surface area contributed by atoms with Crippen molar-refractivity contribution in [1.82, 2.24) is 31.1 Å². The second-order valence-electron chi connectivity index (χ2n) is 17.1. The van der Waals surface area contributed by atoms with Gasteiger partial charge in [-0.3, -0.25) is 19.2 Å². The molecule has 0 saturated carbocycles. The van der Waals surface area contributed by atoms with Gasteiger partial charge in [-0.15, -0.1) is 0 Å². The minimum Gasteiger partial charge on any atom is -0.507 e. The summed E-state index contributed by atoms with van der Waals surface area (Å²) in [7, 11) is 3.26. The molecule has 0 saturated heterocycles. The summed E-state index contributed by atoms with van der Waals surface area (Å²) in [4.78, 5) is 68.9. The van der Waals surface area contributed by atoms with E-state index >= 15 is 0 Å². The Morgan fingerprint density at radius 1 is 0.857 bits per heavy atom. The first-order valence-electron chi connectivity index (χ1n) is 22.8. The van der Waals surface area contributed by atoms with Crippen molar-refractivity contribution in [3.63, 3.8) is 0 Å². The van der Waals surface area contributed by atoms with Gasteiger partial charge in [-0.05, 0) is 67.6 Å². The Morgan fingerprint density at radius 3 is 2.05 bits per heavy atom. The number of nitrogens with one attached hydrogen (secondary N) is 4. The van der Waals surface area contributed by atoms with Crippen molar-refractivity contribution in [2.45, 2.75) is 154 Å². The standard InChI is InChI=1S/C49H74N6O8/c1-9-10-11-12-13-14-15-16-17-18-19-20-21-22-44(58)55(8)42(31-56)34(4)51-35(5)46(59)50-30-33(3)54(7)45-38-25-23-32(2)39(29-38)40-27-37(24-26-43(40)57)28-41(49(62)63)53-47(60)36(6)52-48(45)61/h23-27,29,35-36,41-42,45,51,56-57H,3-4,9-22,28,30-31H2,1-2,5-8H3,(H,50,59)(H,52,61)(H,53,60)(H,62,63)/t35-,36+,41+,42-,45+/m1/s1. The number of aliphatic hydroxyl groups is 1. The highest BCUT2D eigenvalue weighted by molar-refractivity contribution is 5.92. The minimum atomic E-state index is -1.29. The highest BCUT2D eigenvalue weighted by Crippen LogP contribution is 2.36. The van der Waals surface area contributed by atoms with E-state index in [-0.39, 0.29) is 31.2 Å². The highest BCUT2D eigenvalue weighted by Gasteiger charge is 2.32. The van der Waals surface area contributed by atoms with Gasteiger partial charge in [0, 0.05) is 43.9 Å². The summed E-state index contributed by atoms with van der Waals surface area (Å²) in [6.45, 7) is 14.9. The molecule has 63 heavy (non-hydrogen) atoms. The van der Waals surface area contributed by atoms with Gasteiger partial charge in [-0.2, -0.15) is 0 Å². The number of phenols is 1. The van der Waals surface area contributed by atoms with Gasteiger partial charge in [-0.1, -0.05) is 115 Å². The number of hydrogen-bond donors (Lipinski definition) is 7. The van der Waals surface area contributed by atoms with Crippen LogP contribution in [0.5, 0.6) is 5.75 Å². The van der Waals surface area contributed by atoms with Crippen molar-refractivity contribution in [2.24, 2.45) is 0 Å². The number of carboxylic acids is 1. The van der Waals surface area contributed by atoms with Crippen LogP contribution in [0.2, 0.25) is 0 Å². The fourth-order valence-electron chi connectivity index (χ4n) is 7.87. The van der Waals surface area contributed by atoms with Gasteiger partial charge in [0.1, 0.15) is 29.9 Å². The first-order valence-corrected chi connectivity index (χ1v) is 22.8. The Labute approximate surface area is 375 Å². The maximum atomic E-state index is 14.1. The molecule has 0 unspecified atom stereocenters.